The Bertz CT molecular complexity index is 98.9. The fourth-order valence-corrected chi connectivity index (χ4v) is 1.66. The van der Waals surface area contributed by atoms with E-state index in [0.717, 1.165) is 5.92 Å². The smallest absolute Gasteiger partial charge is 0.0543 e. The minimum Gasteiger partial charge on any atom is -0.393 e. The highest BCUT2D eigenvalue weighted by Crippen LogP contribution is 2.44. The summed E-state index contributed by atoms with van der Waals surface area (Å²) in [5, 5.41) is 9.16. The van der Waals surface area contributed by atoms with Crippen molar-refractivity contribution in [3.63, 3.8) is 0 Å². The van der Waals surface area contributed by atoms with Crippen LogP contribution in [0.3, 0.4) is 0 Å². The zero-order chi connectivity index (χ0) is 7.56. The third-order valence-electron chi connectivity index (χ3n) is 2.53. The van der Waals surface area contributed by atoms with Gasteiger partial charge in [0.15, 0.2) is 0 Å². The molecule has 0 bridgehead atoms. The normalized spacial score (nSPS) is 33.9. The summed E-state index contributed by atoms with van der Waals surface area (Å²) in [5.74, 6) is 1.51. The van der Waals surface area contributed by atoms with E-state index in [1.165, 1.54) is 25.7 Å². The van der Waals surface area contributed by atoms with Gasteiger partial charge < -0.3 is 5.11 Å². The maximum absolute atomic E-state index is 9.16. The van der Waals surface area contributed by atoms with Crippen molar-refractivity contribution in [1.82, 2.24) is 0 Å². The second kappa shape index (κ2) is 3.38. The van der Waals surface area contributed by atoms with E-state index in [0.29, 0.717) is 5.92 Å². The molecule has 0 amide bonds. The molecule has 1 heteroatoms. The predicted molar refractivity (Wildman–Crippen MR) is 42.8 cm³/mol. The van der Waals surface area contributed by atoms with Gasteiger partial charge in [0.1, 0.15) is 0 Å². The molecule has 1 aliphatic carbocycles. The molecule has 0 aromatic rings. The standard InChI is InChI=1S/C9H18O/c1-3-4-5-8-6-9(8)7(2)10/h7-10H,3-6H2,1-2H3/t7-,8+,9+/m0/s1. The summed E-state index contributed by atoms with van der Waals surface area (Å²) in [5.41, 5.74) is 0. The van der Waals surface area contributed by atoms with Crippen LogP contribution >= 0.6 is 0 Å². The molecule has 1 aliphatic rings. The van der Waals surface area contributed by atoms with Crippen molar-refractivity contribution >= 4 is 0 Å². The van der Waals surface area contributed by atoms with Gasteiger partial charge in [0.05, 0.1) is 6.10 Å². The van der Waals surface area contributed by atoms with Crippen molar-refractivity contribution in [2.75, 3.05) is 0 Å². The first-order chi connectivity index (χ1) is 4.75. The van der Waals surface area contributed by atoms with E-state index in [2.05, 4.69) is 6.92 Å². The van der Waals surface area contributed by atoms with Crippen molar-refractivity contribution in [3.05, 3.63) is 0 Å². The highest BCUT2D eigenvalue weighted by atomic mass is 16.3. The predicted octanol–water partition coefficient (Wildman–Crippen LogP) is 2.19. The van der Waals surface area contributed by atoms with E-state index in [9.17, 15) is 0 Å². The highest BCUT2D eigenvalue weighted by molar-refractivity contribution is 4.89. The molecule has 0 radical (unpaired) electrons. The van der Waals surface area contributed by atoms with Gasteiger partial charge in [-0.2, -0.15) is 0 Å². The summed E-state index contributed by atoms with van der Waals surface area (Å²) >= 11 is 0. The molecule has 10 heavy (non-hydrogen) atoms. The molecule has 1 saturated carbocycles. The van der Waals surface area contributed by atoms with Crippen LogP contribution in [0.1, 0.15) is 39.5 Å². The Labute approximate surface area is 63.4 Å². The van der Waals surface area contributed by atoms with Gasteiger partial charge in [-0.1, -0.05) is 26.2 Å². The van der Waals surface area contributed by atoms with Gasteiger partial charge in [0, 0.05) is 0 Å². The Morgan fingerprint density at radius 2 is 2.30 bits per heavy atom. The second-order valence-electron chi connectivity index (χ2n) is 3.54. The van der Waals surface area contributed by atoms with Crippen molar-refractivity contribution in [2.24, 2.45) is 11.8 Å². The van der Waals surface area contributed by atoms with E-state index in [1.54, 1.807) is 0 Å². The van der Waals surface area contributed by atoms with Crippen LogP contribution in [-0.4, -0.2) is 11.2 Å². The molecule has 1 N–H and O–H groups in total. The zero-order valence-corrected chi connectivity index (χ0v) is 7.01. The van der Waals surface area contributed by atoms with Crippen LogP contribution in [0.25, 0.3) is 0 Å². The number of unbranched alkanes of at least 4 members (excludes halogenated alkanes) is 1. The number of hydrogen-bond acceptors (Lipinski definition) is 1. The lowest BCUT2D eigenvalue weighted by molar-refractivity contribution is 0.163. The van der Waals surface area contributed by atoms with Crippen molar-refractivity contribution in [1.29, 1.82) is 0 Å². The molecule has 1 nitrogen and oxygen atoms in total. The Morgan fingerprint density at radius 3 is 2.70 bits per heavy atom. The maximum Gasteiger partial charge on any atom is 0.0543 e. The molecular weight excluding hydrogens is 124 g/mol. The summed E-state index contributed by atoms with van der Waals surface area (Å²) < 4.78 is 0. The lowest BCUT2D eigenvalue weighted by Crippen LogP contribution is -2.03. The summed E-state index contributed by atoms with van der Waals surface area (Å²) in [6.07, 6.45) is 5.20. The molecule has 1 fully saturated rings. The van der Waals surface area contributed by atoms with Crippen LogP contribution in [0.15, 0.2) is 0 Å². The highest BCUT2D eigenvalue weighted by Gasteiger charge is 2.39. The number of aliphatic hydroxyl groups excluding tert-OH is 1. The van der Waals surface area contributed by atoms with E-state index in [1.807, 2.05) is 6.92 Å². The van der Waals surface area contributed by atoms with Crippen LogP contribution in [-0.2, 0) is 0 Å². The molecule has 0 spiro atoms. The summed E-state index contributed by atoms with van der Waals surface area (Å²) in [4.78, 5) is 0. The zero-order valence-electron chi connectivity index (χ0n) is 7.01. The second-order valence-corrected chi connectivity index (χ2v) is 3.54. The van der Waals surface area contributed by atoms with Gasteiger partial charge in [0.25, 0.3) is 0 Å². The minimum atomic E-state index is -0.0538. The lowest BCUT2D eigenvalue weighted by atomic mass is 10.1. The Kier molecular flexibility index (Phi) is 2.72. The fourth-order valence-electron chi connectivity index (χ4n) is 1.66. The van der Waals surface area contributed by atoms with Crippen molar-refractivity contribution in [3.8, 4) is 0 Å². The fraction of sp³-hybridized carbons (Fsp3) is 1.00. The molecular formula is C9H18O. The average molecular weight is 142 g/mol. The topological polar surface area (TPSA) is 20.2 Å². The number of aliphatic hydroxyl groups is 1. The third-order valence-corrected chi connectivity index (χ3v) is 2.53. The quantitative estimate of drug-likeness (QED) is 0.638. The van der Waals surface area contributed by atoms with Gasteiger partial charge in [-0.3, -0.25) is 0 Å². The van der Waals surface area contributed by atoms with Crippen molar-refractivity contribution < 1.29 is 5.11 Å². The number of rotatable bonds is 4. The monoisotopic (exact) mass is 142 g/mol. The van der Waals surface area contributed by atoms with Gasteiger partial charge in [-0.05, 0) is 25.2 Å². The summed E-state index contributed by atoms with van der Waals surface area (Å²) in [7, 11) is 0. The van der Waals surface area contributed by atoms with Gasteiger partial charge in [-0.25, -0.2) is 0 Å². The maximum atomic E-state index is 9.16. The van der Waals surface area contributed by atoms with E-state index < -0.39 is 0 Å². The first-order valence-corrected chi connectivity index (χ1v) is 4.43. The SMILES string of the molecule is CCCC[C@@H]1C[C@@H]1[C@H](C)O. The number of hydrogen-bond donors (Lipinski definition) is 1. The van der Waals surface area contributed by atoms with Crippen LogP contribution in [0.5, 0.6) is 0 Å². The average Bonchev–Trinajstić information content (AvgIpc) is 2.62. The lowest BCUT2D eigenvalue weighted by Gasteiger charge is -2.00. The minimum absolute atomic E-state index is 0.0538. The van der Waals surface area contributed by atoms with Crippen LogP contribution in [0.4, 0.5) is 0 Å². The summed E-state index contributed by atoms with van der Waals surface area (Å²) in [6, 6.07) is 0. The molecule has 1 rings (SSSR count). The van der Waals surface area contributed by atoms with Crippen LogP contribution in [0, 0.1) is 11.8 Å². The molecule has 0 unspecified atom stereocenters. The first-order valence-electron chi connectivity index (χ1n) is 4.43. The van der Waals surface area contributed by atoms with E-state index in [-0.39, 0.29) is 6.10 Å². The van der Waals surface area contributed by atoms with Crippen LogP contribution < -0.4 is 0 Å². The molecule has 0 saturated heterocycles. The molecule has 0 aliphatic heterocycles. The molecule has 0 aromatic heterocycles. The van der Waals surface area contributed by atoms with Crippen molar-refractivity contribution in [2.45, 2.75) is 45.6 Å². The van der Waals surface area contributed by atoms with Gasteiger partial charge in [-0.15, -0.1) is 0 Å². The Balaban J connectivity index is 2.02. The third kappa shape index (κ3) is 1.98. The molecule has 0 aromatic carbocycles. The Morgan fingerprint density at radius 1 is 1.60 bits per heavy atom. The largest absolute Gasteiger partial charge is 0.393 e. The van der Waals surface area contributed by atoms with Gasteiger partial charge >= 0.3 is 0 Å². The van der Waals surface area contributed by atoms with E-state index >= 15 is 0 Å². The molecule has 0 heterocycles. The van der Waals surface area contributed by atoms with Gasteiger partial charge in [0.2, 0.25) is 0 Å². The first kappa shape index (κ1) is 8.06. The summed E-state index contributed by atoms with van der Waals surface area (Å²) in [6.45, 7) is 4.14. The Hall–Kier alpha value is -0.0400. The molecule has 60 valence electrons. The van der Waals surface area contributed by atoms with Crippen LogP contribution in [0.2, 0.25) is 0 Å². The van der Waals surface area contributed by atoms with E-state index in [4.69, 9.17) is 5.11 Å². The molecule has 3 atom stereocenters.